The number of ether oxygens (including phenoxy) is 1. The Morgan fingerprint density at radius 2 is 1.90 bits per heavy atom. The van der Waals surface area contributed by atoms with Crippen LogP contribution in [-0.2, 0) is 10.0 Å². The molecule has 2 heterocycles. The van der Waals surface area contributed by atoms with Crippen molar-refractivity contribution >= 4 is 55.0 Å². The summed E-state index contributed by atoms with van der Waals surface area (Å²) in [6.07, 6.45) is 3.56. The molecule has 0 radical (unpaired) electrons. The Morgan fingerprint density at radius 1 is 1.14 bits per heavy atom. The quantitative estimate of drug-likeness (QED) is 0.548. The molecule has 0 aliphatic carbocycles. The van der Waals surface area contributed by atoms with Crippen LogP contribution in [0.15, 0.2) is 58.0 Å². The molecule has 0 saturated carbocycles. The third kappa shape index (κ3) is 4.40. The first-order chi connectivity index (χ1) is 13.5. The first-order valence-electron chi connectivity index (χ1n) is 9.16. The zero-order chi connectivity index (χ0) is 19.7. The summed E-state index contributed by atoms with van der Waals surface area (Å²) in [6.45, 7) is 1.89. The summed E-state index contributed by atoms with van der Waals surface area (Å²) in [4.78, 5) is 0.227. The lowest BCUT2D eigenvalue weighted by Gasteiger charge is -2.25. The van der Waals surface area contributed by atoms with Gasteiger partial charge in [0.15, 0.2) is 0 Å². The molecule has 1 aliphatic heterocycles. The molecule has 0 amide bonds. The van der Waals surface area contributed by atoms with E-state index in [0.29, 0.717) is 17.0 Å². The van der Waals surface area contributed by atoms with Gasteiger partial charge in [-0.15, -0.1) is 12.4 Å². The van der Waals surface area contributed by atoms with Gasteiger partial charge in [0.1, 0.15) is 5.75 Å². The first kappa shape index (κ1) is 22.0. The summed E-state index contributed by atoms with van der Waals surface area (Å²) in [7, 11) is -2.14. The highest BCUT2D eigenvalue weighted by atomic mass is 79.9. The van der Waals surface area contributed by atoms with Crippen molar-refractivity contribution in [1.82, 2.24) is 9.29 Å². The van der Waals surface area contributed by atoms with Crippen LogP contribution in [-0.4, -0.2) is 38.6 Å². The SMILES string of the molecule is COc1ccc(S(=O)(=O)n2ccc3cc(Br)ccc32)cc1NC1CCNCC1.Cl. The maximum absolute atomic E-state index is 13.3. The Morgan fingerprint density at radius 3 is 2.62 bits per heavy atom. The monoisotopic (exact) mass is 499 g/mol. The van der Waals surface area contributed by atoms with Gasteiger partial charge < -0.3 is 15.4 Å². The fourth-order valence-electron chi connectivity index (χ4n) is 3.56. The van der Waals surface area contributed by atoms with Crippen molar-refractivity contribution in [3.05, 3.63) is 53.1 Å². The number of fused-ring (bicyclic) bond motifs is 1. The molecule has 1 aromatic heterocycles. The van der Waals surface area contributed by atoms with E-state index in [1.807, 2.05) is 12.1 Å². The molecule has 1 fully saturated rings. The number of benzene rings is 2. The third-order valence-electron chi connectivity index (χ3n) is 5.04. The number of aromatic nitrogens is 1. The zero-order valence-electron chi connectivity index (χ0n) is 15.9. The molecule has 4 rings (SSSR count). The van der Waals surface area contributed by atoms with E-state index in [9.17, 15) is 8.42 Å². The highest BCUT2D eigenvalue weighted by Gasteiger charge is 2.22. The van der Waals surface area contributed by atoms with Gasteiger partial charge in [-0.25, -0.2) is 12.4 Å². The number of methoxy groups -OCH3 is 1. The normalized spacial score (nSPS) is 15.1. The van der Waals surface area contributed by atoms with Crippen molar-refractivity contribution in [1.29, 1.82) is 0 Å². The van der Waals surface area contributed by atoms with Gasteiger partial charge in [-0.3, -0.25) is 0 Å². The lowest BCUT2D eigenvalue weighted by molar-refractivity contribution is 0.413. The second-order valence-corrected chi connectivity index (χ2v) is 9.58. The van der Waals surface area contributed by atoms with Crippen LogP contribution < -0.4 is 15.4 Å². The van der Waals surface area contributed by atoms with Gasteiger partial charge in [-0.2, -0.15) is 0 Å². The Kier molecular flexibility index (Phi) is 6.78. The number of nitrogens with zero attached hydrogens (tertiary/aromatic N) is 1. The fraction of sp³-hybridized carbons (Fsp3) is 0.300. The van der Waals surface area contributed by atoms with Crippen molar-refractivity contribution in [3.63, 3.8) is 0 Å². The molecular weight excluding hydrogens is 478 g/mol. The molecule has 1 aliphatic rings. The molecule has 0 bridgehead atoms. The van der Waals surface area contributed by atoms with Crippen LogP contribution in [0.4, 0.5) is 5.69 Å². The van der Waals surface area contributed by atoms with Crippen molar-refractivity contribution in [2.75, 3.05) is 25.5 Å². The minimum Gasteiger partial charge on any atom is -0.495 e. The Balaban J connectivity index is 0.00000240. The Labute approximate surface area is 185 Å². The standard InChI is InChI=1S/C20H22BrN3O3S.ClH/c1-27-20-5-3-17(13-18(20)23-16-6-9-22-10-7-16)28(25,26)24-11-8-14-12-15(21)2-4-19(14)24;/h2-5,8,11-13,16,22-23H,6-7,9-10H2,1H3;1H. The second-order valence-electron chi connectivity index (χ2n) is 6.85. The van der Waals surface area contributed by atoms with E-state index in [1.54, 1.807) is 43.6 Å². The predicted octanol–water partition coefficient (Wildman–Crippen LogP) is 4.24. The van der Waals surface area contributed by atoms with Crippen molar-refractivity contribution < 1.29 is 13.2 Å². The summed E-state index contributed by atoms with van der Waals surface area (Å²) in [6, 6.07) is 12.6. The minimum absolute atomic E-state index is 0. The zero-order valence-corrected chi connectivity index (χ0v) is 19.1. The van der Waals surface area contributed by atoms with E-state index in [1.165, 1.54) is 3.97 Å². The van der Waals surface area contributed by atoms with Crippen LogP contribution in [0.2, 0.25) is 0 Å². The van der Waals surface area contributed by atoms with E-state index in [-0.39, 0.29) is 23.3 Å². The van der Waals surface area contributed by atoms with Crippen LogP contribution in [0.25, 0.3) is 10.9 Å². The number of hydrogen-bond donors (Lipinski definition) is 2. The molecular formula is C20H23BrClN3O3S. The van der Waals surface area contributed by atoms with E-state index in [2.05, 4.69) is 26.6 Å². The van der Waals surface area contributed by atoms with Gasteiger partial charge in [-0.1, -0.05) is 15.9 Å². The molecule has 0 atom stereocenters. The van der Waals surface area contributed by atoms with Gasteiger partial charge in [0.2, 0.25) is 0 Å². The highest BCUT2D eigenvalue weighted by Crippen LogP contribution is 2.31. The number of anilines is 1. The van der Waals surface area contributed by atoms with Gasteiger partial charge >= 0.3 is 0 Å². The van der Waals surface area contributed by atoms with Crippen LogP contribution in [0.5, 0.6) is 5.75 Å². The number of hydrogen-bond acceptors (Lipinski definition) is 5. The number of piperidine rings is 1. The Bertz CT molecular complexity index is 1110. The number of nitrogens with one attached hydrogen (secondary N) is 2. The van der Waals surface area contributed by atoms with Crippen LogP contribution in [0, 0.1) is 0 Å². The van der Waals surface area contributed by atoms with Crippen molar-refractivity contribution in [2.45, 2.75) is 23.8 Å². The maximum Gasteiger partial charge on any atom is 0.268 e. The van der Waals surface area contributed by atoms with Crippen LogP contribution in [0.3, 0.4) is 0 Å². The second kappa shape index (κ2) is 8.95. The van der Waals surface area contributed by atoms with Crippen LogP contribution >= 0.6 is 28.3 Å². The average molecular weight is 501 g/mol. The third-order valence-corrected chi connectivity index (χ3v) is 7.22. The molecule has 2 N–H and O–H groups in total. The molecule has 0 unspecified atom stereocenters. The summed E-state index contributed by atoms with van der Waals surface area (Å²) in [5, 5.41) is 7.65. The summed E-state index contributed by atoms with van der Waals surface area (Å²) in [5.41, 5.74) is 1.35. The largest absolute Gasteiger partial charge is 0.495 e. The topological polar surface area (TPSA) is 72.4 Å². The lowest BCUT2D eigenvalue weighted by Crippen LogP contribution is -2.35. The maximum atomic E-state index is 13.3. The van der Waals surface area contributed by atoms with Gasteiger partial charge in [0.05, 0.1) is 23.2 Å². The first-order valence-corrected chi connectivity index (χ1v) is 11.4. The smallest absolute Gasteiger partial charge is 0.268 e. The van der Waals surface area contributed by atoms with E-state index >= 15 is 0 Å². The van der Waals surface area contributed by atoms with Gasteiger partial charge in [0, 0.05) is 22.1 Å². The van der Waals surface area contributed by atoms with E-state index in [4.69, 9.17) is 4.74 Å². The lowest BCUT2D eigenvalue weighted by atomic mass is 10.1. The van der Waals surface area contributed by atoms with Crippen LogP contribution in [0.1, 0.15) is 12.8 Å². The molecule has 6 nitrogen and oxygen atoms in total. The number of halogens is 2. The molecule has 156 valence electrons. The molecule has 2 aromatic carbocycles. The summed E-state index contributed by atoms with van der Waals surface area (Å²) >= 11 is 3.42. The number of rotatable bonds is 5. The van der Waals surface area contributed by atoms with Crippen molar-refractivity contribution in [2.24, 2.45) is 0 Å². The predicted molar refractivity (Wildman–Crippen MR) is 122 cm³/mol. The molecule has 9 heteroatoms. The molecule has 3 aromatic rings. The average Bonchev–Trinajstić information content (AvgIpc) is 3.12. The van der Waals surface area contributed by atoms with E-state index < -0.39 is 10.0 Å². The summed E-state index contributed by atoms with van der Waals surface area (Å²) < 4.78 is 34.3. The summed E-state index contributed by atoms with van der Waals surface area (Å²) in [5.74, 6) is 0.638. The fourth-order valence-corrected chi connectivity index (χ4v) is 5.32. The van der Waals surface area contributed by atoms with Gasteiger partial charge in [-0.05, 0) is 68.4 Å². The molecule has 1 saturated heterocycles. The van der Waals surface area contributed by atoms with Gasteiger partial charge in [0.25, 0.3) is 10.0 Å². The van der Waals surface area contributed by atoms with Crippen molar-refractivity contribution in [3.8, 4) is 5.75 Å². The highest BCUT2D eigenvalue weighted by molar-refractivity contribution is 9.10. The Hall–Kier alpha value is -1.74. The minimum atomic E-state index is -3.73. The van der Waals surface area contributed by atoms with E-state index in [0.717, 1.165) is 35.8 Å². The molecule has 29 heavy (non-hydrogen) atoms. The molecule has 0 spiro atoms.